The van der Waals surface area contributed by atoms with E-state index in [9.17, 15) is 13.9 Å². The minimum Gasteiger partial charge on any atom is -0.508 e. The van der Waals surface area contributed by atoms with E-state index < -0.39 is 11.6 Å². The number of phenols is 2. The second-order valence-corrected chi connectivity index (χ2v) is 4.17. The molecule has 3 nitrogen and oxygen atoms in total. The first-order valence-electron chi connectivity index (χ1n) is 5.72. The molecule has 0 heterocycles. The van der Waals surface area contributed by atoms with Crippen molar-refractivity contribution in [1.29, 1.82) is 0 Å². The first-order valence-corrected chi connectivity index (χ1v) is 5.72. The smallest absolute Gasteiger partial charge is 0.159 e. The average molecular weight is 265 g/mol. The number of hydrogen-bond donors (Lipinski definition) is 3. The van der Waals surface area contributed by atoms with E-state index in [0.717, 1.165) is 12.1 Å². The fourth-order valence-corrected chi connectivity index (χ4v) is 1.69. The van der Waals surface area contributed by atoms with Crippen molar-refractivity contribution in [2.45, 2.75) is 13.1 Å². The molecule has 0 atom stereocenters. The molecule has 0 radical (unpaired) electrons. The molecule has 0 aliphatic heterocycles. The second kappa shape index (κ2) is 5.67. The Bertz CT molecular complexity index is 588. The molecule has 0 aliphatic rings. The highest BCUT2D eigenvalue weighted by molar-refractivity contribution is 5.38. The van der Waals surface area contributed by atoms with Gasteiger partial charge in [0.2, 0.25) is 0 Å². The van der Waals surface area contributed by atoms with Gasteiger partial charge in [0.05, 0.1) is 0 Å². The molecule has 0 amide bonds. The maximum Gasteiger partial charge on any atom is 0.159 e. The van der Waals surface area contributed by atoms with Crippen molar-refractivity contribution in [2.75, 3.05) is 0 Å². The van der Waals surface area contributed by atoms with Gasteiger partial charge >= 0.3 is 0 Å². The van der Waals surface area contributed by atoms with Gasteiger partial charge in [0.1, 0.15) is 11.5 Å². The third-order valence-electron chi connectivity index (χ3n) is 2.70. The van der Waals surface area contributed by atoms with Crippen LogP contribution in [0.3, 0.4) is 0 Å². The van der Waals surface area contributed by atoms with E-state index in [0.29, 0.717) is 24.2 Å². The molecule has 2 aromatic carbocycles. The van der Waals surface area contributed by atoms with Crippen LogP contribution < -0.4 is 5.32 Å². The monoisotopic (exact) mass is 265 g/mol. The summed E-state index contributed by atoms with van der Waals surface area (Å²) in [5.41, 5.74) is 1.22. The lowest BCUT2D eigenvalue weighted by Gasteiger charge is -2.07. The van der Waals surface area contributed by atoms with E-state index in [4.69, 9.17) is 5.11 Å². The van der Waals surface area contributed by atoms with E-state index in [2.05, 4.69) is 5.32 Å². The topological polar surface area (TPSA) is 52.5 Å². The largest absolute Gasteiger partial charge is 0.508 e. The van der Waals surface area contributed by atoms with Crippen molar-refractivity contribution in [3.8, 4) is 11.5 Å². The fraction of sp³-hybridized carbons (Fsp3) is 0.143. The van der Waals surface area contributed by atoms with Crippen molar-refractivity contribution < 1.29 is 19.0 Å². The molecule has 2 aromatic rings. The highest BCUT2D eigenvalue weighted by Gasteiger charge is 2.04. The van der Waals surface area contributed by atoms with Gasteiger partial charge in [-0.25, -0.2) is 8.78 Å². The summed E-state index contributed by atoms with van der Waals surface area (Å²) >= 11 is 0. The molecule has 100 valence electrons. The summed E-state index contributed by atoms with van der Waals surface area (Å²) in [7, 11) is 0. The molecule has 0 spiro atoms. The standard InChI is InChI=1S/C14H13F2NO2/c15-12-4-1-9(5-13(12)16)7-17-8-10-2-3-11(18)6-14(10)19/h1-6,17-19H,7-8H2. The number of phenolic OH excluding ortho intramolecular Hbond substituents is 2. The van der Waals surface area contributed by atoms with E-state index in [1.165, 1.54) is 18.2 Å². The molecule has 0 saturated carbocycles. The first kappa shape index (κ1) is 13.3. The minimum atomic E-state index is -0.883. The lowest BCUT2D eigenvalue weighted by Crippen LogP contribution is -2.13. The fourth-order valence-electron chi connectivity index (χ4n) is 1.69. The normalized spacial score (nSPS) is 10.6. The van der Waals surface area contributed by atoms with Gasteiger partial charge in [-0.15, -0.1) is 0 Å². The Hall–Kier alpha value is -2.14. The third-order valence-corrected chi connectivity index (χ3v) is 2.70. The second-order valence-electron chi connectivity index (χ2n) is 4.17. The van der Waals surface area contributed by atoms with Crippen LogP contribution in [0.5, 0.6) is 11.5 Å². The Morgan fingerprint density at radius 2 is 1.68 bits per heavy atom. The highest BCUT2D eigenvalue weighted by atomic mass is 19.2. The predicted molar refractivity (Wildman–Crippen MR) is 66.7 cm³/mol. The van der Waals surface area contributed by atoms with Crippen LogP contribution in [0.25, 0.3) is 0 Å². The Kier molecular flexibility index (Phi) is 3.97. The van der Waals surface area contributed by atoms with E-state index in [1.807, 2.05) is 0 Å². The van der Waals surface area contributed by atoms with Crippen LogP contribution in [0, 0.1) is 11.6 Å². The molecule has 2 rings (SSSR count). The maximum atomic E-state index is 13.0. The van der Waals surface area contributed by atoms with Crippen LogP contribution in [-0.4, -0.2) is 10.2 Å². The van der Waals surface area contributed by atoms with Crippen LogP contribution in [0.1, 0.15) is 11.1 Å². The van der Waals surface area contributed by atoms with Gasteiger partial charge in [0.25, 0.3) is 0 Å². The number of rotatable bonds is 4. The zero-order valence-electron chi connectivity index (χ0n) is 10.0. The number of halogens is 2. The quantitative estimate of drug-likeness (QED) is 0.796. The lowest BCUT2D eigenvalue weighted by molar-refractivity contribution is 0.443. The molecule has 0 saturated heterocycles. The average Bonchev–Trinajstić information content (AvgIpc) is 2.36. The number of benzene rings is 2. The molecule has 19 heavy (non-hydrogen) atoms. The zero-order valence-corrected chi connectivity index (χ0v) is 10.0. The van der Waals surface area contributed by atoms with Gasteiger partial charge in [-0.05, 0) is 23.8 Å². The van der Waals surface area contributed by atoms with Crippen molar-refractivity contribution in [3.63, 3.8) is 0 Å². The van der Waals surface area contributed by atoms with Crippen LogP contribution in [0.15, 0.2) is 36.4 Å². The maximum absolute atomic E-state index is 13.0. The summed E-state index contributed by atoms with van der Waals surface area (Å²) < 4.78 is 25.7. The lowest BCUT2D eigenvalue weighted by atomic mass is 10.1. The predicted octanol–water partition coefficient (Wildman–Crippen LogP) is 2.67. The van der Waals surface area contributed by atoms with Crippen LogP contribution in [-0.2, 0) is 13.1 Å². The molecule has 3 N–H and O–H groups in total. The Balaban J connectivity index is 1.94. The summed E-state index contributed by atoms with van der Waals surface area (Å²) in [6.07, 6.45) is 0. The molecule has 0 fully saturated rings. The van der Waals surface area contributed by atoms with Crippen LogP contribution in [0.4, 0.5) is 8.78 Å². The number of nitrogens with one attached hydrogen (secondary N) is 1. The highest BCUT2D eigenvalue weighted by Crippen LogP contribution is 2.22. The van der Waals surface area contributed by atoms with Gasteiger partial charge in [0, 0.05) is 24.7 Å². The molecule has 0 bridgehead atoms. The van der Waals surface area contributed by atoms with Crippen LogP contribution in [0.2, 0.25) is 0 Å². The van der Waals surface area contributed by atoms with Gasteiger partial charge < -0.3 is 15.5 Å². The van der Waals surface area contributed by atoms with Gasteiger partial charge in [-0.3, -0.25) is 0 Å². The molecular weight excluding hydrogens is 252 g/mol. The summed E-state index contributed by atoms with van der Waals surface area (Å²) in [6, 6.07) is 7.98. The minimum absolute atomic E-state index is 0.0122. The number of aromatic hydroxyl groups is 2. The van der Waals surface area contributed by atoms with E-state index in [-0.39, 0.29) is 11.5 Å². The summed E-state index contributed by atoms with van der Waals surface area (Å²) in [5.74, 6) is -1.79. The molecule has 5 heteroatoms. The van der Waals surface area contributed by atoms with Crippen molar-refractivity contribution >= 4 is 0 Å². The van der Waals surface area contributed by atoms with E-state index in [1.54, 1.807) is 6.07 Å². The third kappa shape index (κ3) is 3.42. The van der Waals surface area contributed by atoms with E-state index >= 15 is 0 Å². The summed E-state index contributed by atoms with van der Waals surface area (Å²) in [6.45, 7) is 0.697. The Morgan fingerprint density at radius 1 is 0.895 bits per heavy atom. The molecule has 0 unspecified atom stereocenters. The van der Waals surface area contributed by atoms with Crippen molar-refractivity contribution in [1.82, 2.24) is 5.32 Å². The molecular formula is C14H13F2NO2. The summed E-state index contributed by atoms with van der Waals surface area (Å²) in [5, 5.41) is 21.7. The van der Waals surface area contributed by atoms with Crippen molar-refractivity contribution in [3.05, 3.63) is 59.2 Å². The van der Waals surface area contributed by atoms with Crippen molar-refractivity contribution in [2.24, 2.45) is 0 Å². The Labute approximate surface area is 109 Å². The summed E-state index contributed by atoms with van der Waals surface area (Å²) in [4.78, 5) is 0. The van der Waals surface area contributed by atoms with Gasteiger partial charge in [-0.1, -0.05) is 12.1 Å². The van der Waals surface area contributed by atoms with Crippen LogP contribution >= 0.6 is 0 Å². The SMILES string of the molecule is Oc1ccc(CNCc2ccc(F)c(F)c2)c(O)c1. The molecule has 0 aromatic heterocycles. The molecule has 0 aliphatic carbocycles. The van der Waals surface area contributed by atoms with Gasteiger partial charge in [-0.2, -0.15) is 0 Å². The first-order chi connectivity index (χ1) is 9.06. The van der Waals surface area contributed by atoms with Gasteiger partial charge in [0.15, 0.2) is 11.6 Å². The Morgan fingerprint density at radius 3 is 2.37 bits per heavy atom. The number of hydrogen-bond acceptors (Lipinski definition) is 3. The zero-order chi connectivity index (χ0) is 13.8.